The number of carbonyl (C=O) groups excluding carboxylic acids is 2. The van der Waals surface area contributed by atoms with Crippen LogP contribution in [-0.2, 0) is 16.1 Å². The smallest absolute Gasteiger partial charge is 0.407 e. The van der Waals surface area contributed by atoms with E-state index in [9.17, 15) is 9.59 Å². The molecular formula is C18H26N2O3. The van der Waals surface area contributed by atoms with Crippen molar-refractivity contribution in [2.45, 2.75) is 51.7 Å². The van der Waals surface area contributed by atoms with Crippen LogP contribution in [0.3, 0.4) is 0 Å². The second-order valence-electron chi connectivity index (χ2n) is 6.17. The van der Waals surface area contributed by atoms with Crippen LogP contribution in [0.4, 0.5) is 4.79 Å². The van der Waals surface area contributed by atoms with Crippen LogP contribution in [0.25, 0.3) is 0 Å². The number of ether oxygens (including phenoxy) is 1. The van der Waals surface area contributed by atoms with Crippen molar-refractivity contribution in [2.24, 2.45) is 5.92 Å². The summed E-state index contributed by atoms with van der Waals surface area (Å²) in [6.45, 7) is 2.71. The van der Waals surface area contributed by atoms with Crippen LogP contribution >= 0.6 is 0 Å². The molecule has 0 heterocycles. The first-order valence-corrected chi connectivity index (χ1v) is 8.39. The summed E-state index contributed by atoms with van der Waals surface area (Å²) in [6.07, 6.45) is 4.45. The van der Waals surface area contributed by atoms with Gasteiger partial charge in [0.25, 0.3) is 0 Å². The van der Waals surface area contributed by atoms with Gasteiger partial charge in [-0.25, -0.2) is 4.79 Å². The van der Waals surface area contributed by atoms with Gasteiger partial charge in [0.1, 0.15) is 6.61 Å². The molecule has 5 heteroatoms. The number of benzene rings is 1. The highest BCUT2D eigenvalue weighted by Gasteiger charge is 2.22. The maximum absolute atomic E-state index is 11.9. The Bertz CT molecular complexity index is 504. The van der Waals surface area contributed by atoms with Crippen molar-refractivity contribution >= 4 is 12.0 Å². The van der Waals surface area contributed by atoms with Gasteiger partial charge in [0, 0.05) is 19.0 Å². The fraction of sp³-hybridized carbons (Fsp3) is 0.556. The first-order valence-electron chi connectivity index (χ1n) is 8.39. The monoisotopic (exact) mass is 318 g/mol. The molecule has 0 bridgehead atoms. The van der Waals surface area contributed by atoms with E-state index in [1.165, 1.54) is 19.3 Å². The minimum Gasteiger partial charge on any atom is -0.445 e. The highest BCUT2D eigenvalue weighted by Crippen LogP contribution is 2.23. The van der Waals surface area contributed by atoms with Crippen LogP contribution < -0.4 is 10.6 Å². The molecule has 2 amide bonds. The summed E-state index contributed by atoms with van der Waals surface area (Å²) in [6, 6.07) is 9.77. The van der Waals surface area contributed by atoms with Crippen LogP contribution in [-0.4, -0.2) is 24.6 Å². The number of rotatable bonds is 6. The molecule has 1 aromatic rings. The third kappa shape index (κ3) is 6.30. The number of nitrogens with one attached hydrogen (secondary N) is 2. The zero-order chi connectivity index (χ0) is 16.5. The Balaban J connectivity index is 1.58. The summed E-state index contributed by atoms with van der Waals surface area (Å²) in [7, 11) is 0. The van der Waals surface area contributed by atoms with Crippen molar-refractivity contribution < 1.29 is 14.3 Å². The molecule has 0 radical (unpaired) electrons. The standard InChI is InChI=1S/C18H26N2O3/c1-14-7-5-6-10-16(14)20-17(21)11-12-19-18(22)23-13-15-8-3-2-4-9-15/h2-4,8-9,14,16H,5-7,10-13H2,1H3,(H,19,22)(H,20,21)/t14-,16-/m0/s1. The molecule has 1 fully saturated rings. The van der Waals surface area contributed by atoms with Crippen LogP contribution in [0.5, 0.6) is 0 Å². The zero-order valence-electron chi connectivity index (χ0n) is 13.7. The average Bonchev–Trinajstić information content (AvgIpc) is 2.56. The Kier molecular flexibility index (Phi) is 6.91. The molecule has 23 heavy (non-hydrogen) atoms. The van der Waals surface area contributed by atoms with Crippen molar-refractivity contribution in [1.29, 1.82) is 0 Å². The lowest BCUT2D eigenvalue weighted by Gasteiger charge is -2.29. The van der Waals surface area contributed by atoms with E-state index in [4.69, 9.17) is 4.74 Å². The van der Waals surface area contributed by atoms with Gasteiger partial charge in [-0.2, -0.15) is 0 Å². The number of alkyl carbamates (subject to hydrolysis) is 1. The van der Waals surface area contributed by atoms with Gasteiger partial charge < -0.3 is 15.4 Å². The van der Waals surface area contributed by atoms with Crippen molar-refractivity contribution in [3.05, 3.63) is 35.9 Å². The fourth-order valence-corrected chi connectivity index (χ4v) is 2.86. The summed E-state index contributed by atoms with van der Waals surface area (Å²) < 4.78 is 5.10. The second kappa shape index (κ2) is 9.18. The summed E-state index contributed by atoms with van der Waals surface area (Å²) in [5, 5.41) is 5.68. The lowest BCUT2D eigenvalue weighted by molar-refractivity contribution is -0.122. The maximum atomic E-state index is 11.9. The van der Waals surface area contributed by atoms with Gasteiger partial charge in [0.05, 0.1) is 0 Å². The predicted octanol–water partition coefficient (Wildman–Crippen LogP) is 3.00. The number of hydrogen-bond acceptors (Lipinski definition) is 3. The SMILES string of the molecule is C[C@H]1CCCC[C@@H]1NC(=O)CCNC(=O)OCc1ccccc1. The molecule has 0 aliphatic heterocycles. The maximum Gasteiger partial charge on any atom is 0.407 e. The summed E-state index contributed by atoms with van der Waals surface area (Å²) in [5.41, 5.74) is 0.937. The molecule has 0 unspecified atom stereocenters. The Morgan fingerprint density at radius 1 is 1.17 bits per heavy atom. The highest BCUT2D eigenvalue weighted by molar-refractivity contribution is 5.77. The normalized spacial score (nSPS) is 20.6. The fourth-order valence-electron chi connectivity index (χ4n) is 2.86. The Hall–Kier alpha value is -2.04. The van der Waals surface area contributed by atoms with Crippen LogP contribution in [0.2, 0.25) is 0 Å². The molecule has 0 aromatic heterocycles. The second-order valence-corrected chi connectivity index (χ2v) is 6.17. The molecule has 1 aliphatic carbocycles. The predicted molar refractivity (Wildman–Crippen MR) is 88.8 cm³/mol. The summed E-state index contributed by atoms with van der Waals surface area (Å²) >= 11 is 0. The first kappa shape index (κ1) is 17.3. The molecule has 126 valence electrons. The molecule has 2 N–H and O–H groups in total. The average molecular weight is 318 g/mol. The third-order valence-corrected chi connectivity index (χ3v) is 4.29. The van der Waals surface area contributed by atoms with E-state index in [0.29, 0.717) is 12.5 Å². The molecule has 0 spiro atoms. The van der Waals surface area contributed by atoms with Gasteiger partial charge in [0.15, 0.2) is 0 Å². The topological polar surface area (TPSA) is 67.4 Å². The molecular weight excluding hydrogens is 292 g/mol. The van der Waals surface area contributed by atoms with Crippen molar-refractivity contribution in [2.75, 3.05) is 6.54 Å². The Morgan fingerprint density at radius 3 is 2.65 bits per heavy atom. The van der Waals surface area contributed by atoms with E-state index in [1.54, 1.807) is 0 Å². The zero-order valence-corrected chi connectivity index (χ0v) is 13.7. The largest absolute Gasteiger partial charge is 0.445 e. The van der Waals surface area contributed by atoms with E-state index in [0.717, 1.165) is 12.0 Å². The molecule has 5 nitrogen and oxygen atoms in total. The lowest BCUT2D eigenvalue weighted by atomic mass is 9.86. The summed E-state index contributed by atoms with van der Waals surface area (Å²) in [5.74, 6) is 0.531. The van der Waals surface area contributed by atoms with Crippen LogP contribution in [0.1, 0.15) is 44.6 Å². The molecule has 2 atom stereocenters. The first-order chi connectivity index (χ1) is 11.1. The van der Waals surface area contributed by atoms with Crippen LogP contribution in [0.15, 0.2) is 30.3 Å². The molecule has 1 aliphatic rings. The Morgan fingerprint density at radius 2 is 1.91 bits per heavy atom. The van der Waals surface area contributed by atoms with E-state index in [1.807, 2.05) is 30.3 Å². The third-order valence-electron chi connectivity index (χ3n) is 4.29. The van der Waals surface area contributed by atoms with E-state index in [-0.39, 0.29) is 25.0 Å². The van der Waals surface area contributed by atoms with Gasteiger partial charge in [-0.3, -0.25) is 4.79 Å². The van der Waals surface area contributed by atoms with Crippen LogP contribution in [0, 0.1) is 5.92 Å². The minimum absolute atomic E-state index is 0.00731. The van der Waals surface area contributed by atoms with Gasteiger partial charge in [0.2, 0.25) is 5.91 Å². The van der Waals surface area contributed by atoms with E-state index in [2.05, 4.69) is 17.6 Å². The van der Waals surface area contributed by atoms with Crippen molar-refractivity contribution in [3.8, 4) is 0 Å². The quantitative estimate of drug-likeness (QED) is 0.847. The van der Waals surface area contributed by atoms with Gasteiger partial charge in [-0.1, -0.05) is 50.1 Å². The van der Waals surface area contributed by atoms with E-state index >= 15 is 0 Å². The van der Waals surface area contributed by atoms with Gasteiger partial charge in [-0.05, 0) is 24.3 Å². The Labute approximate surface area is 137 Å². The van der Waals surface area contributed by atoms with E-state index < -0.39 is 6.09 Å². The number of hydrogen-bond donors (Lipinski definition) is 2. The van der Waals surface area contributed by atoms with Gasteiger partial charge >= 0.3 is 6.09 Å². The lowest BCUT2D eigenvalue weighted by Crippen LogP contribution is -2.42. The molecule has 1 saturated carbocycles. The number of amides is 2. The summed E-state index contributed by atoms with van der Waals surface area (Å²) in [4.78, 5) is 23.5. The van der Waals surface area contributed by atoms with Crippen molar-refractivity contribution in [1.82, 2.24) is 10.6 Å². The molecule has 1 aromatic carbocycles. The molecule has 0 saturated heterocycles. The van der Waals surface area contributed by atoms with Crippen molar-refractivity contribution in [3.63, 3.8) is 0 Å². The minimum atomic E-state index is -0.493. The highest BCUT2D eigenvalue weighted by atomic mass is 16.5. The van der Waals surface area contributed by atoms with Gasteiger partial charge in [-0.15, -0.1) is 0 Å². The molecule has 2 rings (SSSR count). The number of carbonyl (C=O) groups is 2.